The van der Waals surface area contributed by atoms with Crippen molar-refractivity contribution in [3.8, 4) is 0 Å². The fourth-order valence-electron chi connectivity index (χ4n) is 3.93. The summed E-state index contributed by atoms with van der Waals surface area (Å²) in [5.41, 5.74) is 0. The number of amides is 2. The van der Waals surface area contributed by atoms with E-state index < -0.39 is 5.97 Å². The third-order valence-corrected chi connectivity index (χ3v) is 6.15. The first-order chi connectivity index (χ1) is 15.4. The summed E-state index contributed by atoms with van der Waals surface area (Å²) in [5.74, 6) is -1.07. The fourth-order valence-corrected chi connectivity index (χ4v) is 3.93. The number of aliphatic carboxylic acids is 1. The zero-order chi connectivity index (χ0) is 24.0. The summed E-state index contributed by atoms with van der Waals surface area (Å²) in [6.07, 6.45) is 16.5. The van der Waals surface area contributed by atoms with E-state index >= 15 is 0 Å². The van der Waals surface area contributed by atoms with Gasteiger partial charge in [-0.05, 0) is 32.1 Å². The van der Waals surface area contributed by atoms with E-state index in [1.54, 1.807) is 0 Å². The van der Waals surface area contributed by atoms with Gasteiger partial charge in [-0.15, -0.1) is 0 Å². The summed E-state index contributed by atoms with van der Waals surface area (Å²) in [4.78, 5) is 35.3. The highest BCUT2D eigenvalue weighted by molar-refractivity contribution is 5.81. The normalized spacial score (nSPS) is 12.8. The number of carbonyl (C=O) groups is 3. The maximum atomic E-state index is 12.5. The van der Waals surface area contributed by atoms with Crippen molar-refractivity contribution in [2.24, 2.45) is 11.8 Å². The molecule has 32 heavy (non-hydrogen) atoms. The molecule has 0 radical (unpaired) electrons. The van der Waals surface area contributed by atoms with Crippen molar-refractivity contribution in [1.29, 1.82) is 0 Å². The fraction of sp³-hybridized carbons (Fsp3) is 0.885. The van der Waals surface area contributed by atoms with Crippen LogP contribution in [0.2, 0.25) is 0 Å². The number of hydrogen-bond donors (Lipinski definition) is 3. The van der Waals surface area contributed by atoms with Gasteiger partial charge in [-0.2, -0.15) is 0 Å². The van der Waals surface area contributed by atoms with E-state index in [1.165, 1.54) is 51.4 Å². The van der Waals surface area contributed by atoms with Crippen LogP contribution in [0.25, 0.3) is 0 Å². The van der Waals surface area contributed by atoms with Crippen LogP contribution in [0, 0.1) is 11.8 Å². The molecule has 0 spiro atoms. The van der Waals surface area contributed by atoms with Gasteiger partial charge < -0.3 is 15.7 Å². The second-order valence-corrected chi connectivity index (χ2v) is 9.21. The quantitative estimate of drug-likeness (QED) is 0.179. The van der Waals surface area contributed by atoms with E-state index in [0.717, 1.165) is 38.6 Å². The second-order valence-electron chi connectivity index (χ2n) is 9.21. The Labute approximate surface area is 196 Å². The van der Waals surface area contributed by atoms with Gasteiger partial charge in [-0.1, -0.05) is 85.0 Å². The average molecular weight is 455 g/mol. The van der Waals surface area contributed by atoms with Crippen molar-refractivity contribution < 1.29 is 19.5 Å². The van der Waals surface area contributed by atoms with Crippen LogP contribution < -0.4 is 10.6 Å². The number of carboxylic acids is 1. The van der Waals surface area contributed by atoms with Crippen LogP contribution in [0.4, 0.5) is 0 Å². The summed E-state index contributed by atoms with van der Waals surface area (Å²) in [5, 5.41) is 14.6. The van der Waals surface area contributed by atoms with Crippen molar-refractivity contribution in [3.63, 3.8) is 0 Å². The van der Waals surface area contributed by atoms with Crippen molar-refractivity contribution in [2.75, 3.05) is 13.1 Å². The summed E-state index contributed by atoms with van der Waals surface area (Å²) < 4.78 is 0. The molecule has 2 amide bonds. The lowest BCUT2D eigenvalue weighted by atomic mass is 9.92. The Morgan fingerprint density at radius 3 is 1.66 bits per heavy atom. The number of hydrogen-bond acceptors (Lipinski definition) is 3. The molecule has 2 atom stereocenters. The summed E-state index contributed by atoms with van der Waals surface area (Å²) in [6.45, 7) is 7.40. The van der Waals surface area contributed by atoms with Crippen LogP contribution >= 0.6 is 0 Å². The number of nitrogens with one attached hydrogen (secondary N) is 2. The Balaban J connectivity index is 3.83. The lowest BCUT2D eigenvalue weighted by molar-refractivity contribution is -0.137. The highest BCUT2D eigenvalue weighted by atomic mass is 16.4. The van der Waals surface area contributed by atoms with Gasteiger partial charge in [-0.3, -0.25) is 14.4 Å². The topological polar surface area (TPSA) is 95.5 Å². The maximum Gasteiger partial charge on any atom is 0.303 e. The van der Waals surface area contributed by atoms with Crippen LogP contribution in [0.15, 0.2) is 0 Å². The SMILES string of the molecule is CCCCCCCCCCCCNC(=O)C(CC)CC(C)C(=O)NCCCCCC(=O)O. The van der Waals surface area contributed by atoms with Gasteiger partial charge in [0.15, 0.2) is 0 Å². The molecule has 0 fully saturated rings. The minimum absolute atomic E-state index is 0.0239. The van der Waals surface area contributed by atoms with Gasteiger partial charge in [0.05, 0.1) is 0 Å². The van der Waals surface area contributed by atoms with Gasteiger partial charge >= 0.3 is 5.97 Å². The molecule has 6 nitrogen and oxygen atoms in total. The Morgan fingerprint density at radius 1 is 0.688 bits per heavy atom. The molecule has 0 saturated carbocycles. The number of carbonyl (C=O) groups excluding carboxylic acids is 2. The van der Waals surface area contributed by atoms with E-state index in [9.17, 15) is 14.4 Å². The van der Waals surface area contributed by atoms with Crippen LogP contribution in [-0.4, -0.2) is 36.0 Å². The van der Waals surface area contributed by atoms with Crippen LogP contribution in [0.5, 0.6) is 0 Å². The minimum atomic E-state index is -0.778. The van der Waals surface area contributed by atoms with Crippen LogP contribution in [-0.2, 0) is 14.4 Å². The van der Waals surface area contributed by atoms with Crippen molar-refractivity contribution in [2.45, 2.75) is 124 Å². The zero-order valence-electron chi connectivity index (χ0n) is 21.1. The average Bonchev–Trinajstić information content (AvgIpc) is 2.77. The smallest absolute Gasteiger partial charge is 0.303 e. The van der Waals surface area contributed by atoms with Gasteiger partial charge in [0.25, 0.3) is 0 Å². The minimum Gasteiger partial charge on any atom is -0.481 e. The molecule has 6 heteroatoms. The van der Waals surface area contributed by atoms with Crippen molar-refractivity contribution >= 4 is 17.8 Å². The summed E-state index contributed by atoms with van der Waals surface area (Å²) in [7, 11) is 0. The molecular weight excluding hydrogens is 404 g/mol. The van der Waals surface area contributed by atoms with E-state index in [4.69, 9.17) is 5.11 Å². The van der Waals surface area contributed by atoms with E-state index in [1.807, 2.05) is 13.8 Å². The van der Waals surface area contributed by atoms with Gasteiger partial charge in [0.2, 0.25) is 11.8 Å². The van der Waals surface area contributed by atoms with E-state index in [0.29, 0.717) is 19.4 Å². The predicted molar refractivity (Wildman–Crippen MR) is 132 cm³/mol. The molecule has 0 aromatic carbocycles. The molecule has 0 aliphatic heterocycles. The van der Waals surface area contributed by atoms with E-state index in [-0.39, 0.29) is 30.1 Å². The molecule has 0 bridgehead atoms. The Bertz CT molecular complexity index is 496. The standard InChI is InChI=1S/C26H50N2O4/c1-4-6-7-8-9-10-11-12-13-16-20-28-26(32)23(5-2)21-22(3)25(31)27-19-17-14-15-18-24(29)30/h22-23H,4-21H2,1-3H3,(H,27,31)(H,28,32)(H,29,30). The number of unbranched alkanes of at least 4 members (excludes halogenated alkanes) is 11. The molecule has 188 valence electrons. The molecule has 0 saturated heterocycles. The molecule has 0 rings (SSSR count). The molecule has 0 aliphatic rings. The molecule has 2 unspecified atom stereocenters. The lowest BCUT2D eigenvalue weighted by Gasteiger charge is -2.19. The Hall–Kier alpha value is -1.59. The molecular formula is C26H50N2O4. The van der Waals surface area contributed by atoms with Gasteiger partial charge in [0.1, 0.15) is 0 Å². The van der Waals surface area contributed by atoms with E-state index in [2.05, 4.69) is 17.6 Å². The monoisotopic (exact) mass is 454 g/mol. The zero-order valence-corrected chi connectivity index (χ0v) is 21.1. The highest BCUT2D eigenvalue weighted by Gasteiger charge is 2.22. The first-order valence-electron chi connectivity index (χ1n) is 13.2. The summed E-state index contributed by atoms with van der Waals surface area (Å²) in [6, 6.07) is 0. The van der Waals surface area contributed by atoms with Gasteiger partial charge in [-0.25, -0.2) is 0 Å². The van der Waals surface area contributed by atoms with Gasteiger partial charge in [0, 0.05) is 31.3 Å². The van der Waals surface area contributed by atoms with Crippen LogP contribution in [0.1, 0.15) is 124 Å². The largest absolute Gasteiger partial charge is 0.481 e. The predicted octanol–water partition coefficient (Wildman–Crippen LogP) is 5.84. The third kappa shape index (κ3) is 18.0. The first-order valence-corrected chi connectivity index (χ1v) is 13.2. The molecule has 0 aromatic heterocycles. The highest BCUT2D eigenvalue weighted by Crippen LogP contribution is 2.16. The number of rotatable bonds is 22. The first kappa shape index (κ1) is 30.4. The van der Waals surface area contributed by atoms with Crippen molar-refractivity contribution in [1.82, 2.24) is 10.6 Å². The molecule has 0 heterocycles. The molecule has 0 aromatic rings. The number of carboxylic acid groups (broad SMARTS) is 1. The van der Waals surface area contributed by atoms with Crippen molar-refractivity contribution in [3.05, 3.63) is 0 Å². The second kappa shape index (κ2) is 21.3. The molecule has 0 aliphatic carbocycles. The molecule has 3 N–H and O–H groups in total. The van der Waals surface area contributed by atoms with Crippen LogP contribution in [0.3, 0.4) is 0 Å². The third-order valence-electron chi connectivity index (χ3n) is 6.15. The summed E-state index contributed by atoms with van der Waals surface area (Å²) >= 11 is 0. The maximum absolute atomic E-state index is 12.5. The Morgan fingerprint density at radius 2 is 1.16 bits per heavy atom. The Kier molecular flexibility index (Phi) is 20.2. The lowest BCUT2D eigenvalue weighted by Crippen LogP contribution is -2.36.